The van der Waals surface area contributed by atoms with Gasteiger partial charge in [-0.05, 0) is 29.0 Å². The molecule has 19 heavy (non-hydrogen) atoms. The van der Waals surface area contributed by atoms with Crippen LogP contribution in [0, 0.1) is 0 Å². The first-order chi connectivity index (χ1) is 9.24. The van der Waals surface area contributed by atoms with Crippen molar-refractivity contribution in [2.75, 3.05) is 26.2 Å². The summed E-state index contributed by atoms with van der Waals surface area (Å²) in [5, 5.41) is 25.0. The average molecular weight is 258 g/mol. The Bertz CT molecular complexity index is 587. The molecule has 0 bridgehead atoms. The van der Waals surface area contributed by atoms with E-state index < -0.39 is 0 Å². The van der Waals surface area contributed by atoms with Crippen molar-refractivity contribution in [2.45, 2.75) is 6.54 Å². The molecule has 0 saturated carbocycles. The van der Waals surface area contributed by atoms with Gasteiger partial charge in [-0.3, -0.25) is 4.90 Å². The number of phenolic OH excluding ortho intramolecular Hbond substituents is 2. The number of hydrogen-bond acceptors (Lipinski definition) is 4. The van der Waals surface area contributed by atoms with Crippen molar-refractivity contribution in [1.82, 2.24) is 10.2 Å². The van der Waals surface area contributed by atoms with Gasteiger partial charge < -0.3 is 15.5 Å². The molecule has 2 aromatic carbocycles. The van der Waals surface area contributed by atoms with Gasteiger partial charge in [-0.25, -0.2) is 0 Å². The number of nitrogens with one attached hydrogen (secondary N) is 1. The molecule has 3 rings (SSSR count). The fourth-order valence-corrected chi connectivity index (χ4v) is 2.62. The summed E-state index contributed by atoms with van der Waals surface area (Å²) in [7, 11) is 0. The predicted octanol–water partition coefficient (Wildman–Crippen LogP) is 1.66. The number of aromatic hydroxyl groups is 2. The molecule has 4 heteroatoms. The first-order valence-corrected chi connectivity index (χ1v) is 6.61. The van der Waals surface area contributed by atoms with Crippen molar-refractivity contribution in [1.29, 1.82) is 0 Å². The Labute approximate surface area is 112 Å². The molecule has 0 amide bonds. The molecule has 0 aromatic heterocycles. The molecular weight excluding hydrogens is 240 g/mol. The molecule has 0 radical (unpaired) electrons. The first-order valence-electron chi connectivity index (χ1n) is 6.61. The summed E-state index contributed by atoms with van der Waals surface area (Å²) in [6.07, 6.45) is 0. The van der Waals surface area contributed by atoms with E-state index in [1.54, 1.807) is 18.2 Å². The largest absolute Gasteiger partial charge is 0.508 e. The van der Waals surface area contributed by atoms with E-state index >= 15 is 0 Å². The Kier molecular flexibility index (Phi) is 3.27. The molecule has 0 spiro atoms. The molecule has 0 aliphatic carbocycles. The fraction of sp³-hybridized carbons (Fsp3) is 0.333. The lowest BCUT2D eigenvalue weighted by Gasteiger charge is -2.27. The highest BCUT2D eigenvalue weighted by Crippen LogP contribution is 2.30. The Balaban J connectivity index is 2.00. The van der Waals surface area contributed by atoms with E-state index in [0.717, 1.165) is 42.5 Å². The normalized spacial score (nSPS) is 16.8. The summed E-state index contributed by atoms with van der Waals surface area (Å²) in [5.41, 5.74) is 0.898. The SMILES string of the molecule is Oc1ccc2ccc(O)c(CN3CCNCC3)c2c1. The zero-order valence-corrected chi connectivity index (χ0v) is 10.8. The van der Waals surface area contributed by atoms with Crippen LogP contribution in [0.15, 0.2) is 30.3 Å². The number of nitrogens with zero attached hydrogens (tertiary/aromatic N) is 1. The highest BCUT2D eigenvalue weighted by Gasteiger charge is 2.14. The minimum absolute atomic E-state index is 0.236. The predicted molar refractivity (Wildman–Crippen MR) is 75.4 cm³/mol. The van der Waals surface area contributed by atoms with Crippen molar-refractivity contribution < 1.29 is 10.2 Å². The van der Waals surface area contributed by atoms with Crippen LogP contribution in [-0.4, -0.2) is 41.3 Å². The summed E-state index contributed by atoms with van der Waals surface area (Å²) in [6.45, 7) is 4.64. The molecular formula is C15H18N2O2. The topological polar surface area (TPSA) is 55.7 Å². The number of phenols is 2. The Morgan fingerprint density at radius 3 is 2.58 bits per heavy atom. The van der Waals surface area contributed by atoms with E-state index in [1.807, 2.05) is 12.1 Å². The van der Waals surface area contributed by atoms with Crippen LogP contribution >= 0.6 is 0 Å². The van der Waals surface area contributed by atoms with Crippen LogP contribution in [0.25, 0.3) is 10.8 Å². The maximum absolute atomic E-state index is 10.1. The van der Waals surface area contributed by atoms with Gasteiger partial charge in [-0.15, -0.1) is 0 Å². The number of benzene rings is 2. The molecule has 1 fully saturated rings. The lowest BCUT2D eigenvalue weighted by atomic mass is 10.0. The maximum atomic E-state index is 10.1. The van der Waals surface area contributed by atoms with Crippen molar-refractivity contribution in [3.63, 3.8) is 0 Å². The van der Waals surface area contributed by atoms with Gasteiger partial charge in [-0.2, -0.15) is 0 Å². The van der Waals surface area contributed by atoms with Crippen LogP contribution in [0.5, 0.6) is 11.5 Å². The van der Waals surface area contributed by atoms with E-state index in [0.29, 0.717) is 12.3 Å². The minimum atomic E-state index is 0.236. The molecule has 3 N–H and O–H groups in total. The van der Waals surface area contributed by atoms with Crippen LogP contribution in [0.1, 0.15) is 5.56 Å². The molecule has 4 nitrogen and oxygen atoms in total. The molecule has 1 heterocycles. The maximum Gasteiger partial charge on any atom is 0.120 e. The van der Waals surface area contributed by atoms with Crippen molar-refractivity contribution >= 4 is 10.8 Å². The number of rotatable bonds is 2. The van der Waals surface area contributed by atoms with E-state index in [1.165, 1.54) is 0 Å². The second kappa shape index (κ2) is 5.07. The van der Waals surface area contributed by atoms with Gasteiger partial charge in [0, 0.05) is 38.3 Å². The second-order valence-electron chi connectivity index (χ2n) is 4.99. The van der Waals surface area contributed by atoms with Crippen LogP contribution in [0.2, 0.25) is 0 Å². The minimum Gasteiger partial charge on any atom is -0.508 e. The molecule has 0 atom stereocenters. The molecule has 0 unspecified atom stereocenters. The van der Waals surface area contributed by atoms with Crippen LogP contribution in [0.4, 0.5) is 0 Å². The number of piperazine rings is 1. The van der Waals surface area contributed by atoms with Crippen molar-refractivity contribution in [2.24, 2.45) is 0 Å². The molecule has 1 aliphatic heterocycles. The van der Waals surface area contributed by atoms with Crippen LogP contribution in [0.3, 0.4) is 0 Å². The molecule has 1 saturated heterocycles. The fourth-order valence-electron chi connectivity index (χ4n) is 2.62. The van der Waals surface area contributed by atoms with Crippen molar-refractivity contribution in [3.05, 3.63) is 35.9 Å². The third-order valence-electron chi connectivity index (χ3n) is 3.68. The molecule has 1 aliphatic rings. The number of fused-ring (bicyclic) bond motifs is 1. The van der Waals surface area contributed by atoms with Gasteiger partial charge in [-0.1, -0.05) is 12.1 Å². The van der Waals surface area contributed by atoms with E-state index in [4.69, 9.17) is 0 Å². The average Bonchev–Trinajstić information content (AvgIpc) is 2.43. The third-order valence-corrected chi connectivity index (χ3v) is 3.68. The summed E-state index contributed by atoms with van der Waals surface area (Å²) < 4.78 is 0. The van der Waals surface area contributed by atoms with Gasteiger partial charge in [0.2, 0.25) is 0 Å². The monoisotopic (exact) mass is 258 g/mol. The van der Waals surface area contributed by atoms with Crippen LogP contribution < -0.4 is 5.32 Å². The van der Waals surface area contributed by atoms with E-state index in [9.17, 15) is 10.2 Å². The van der Waals surface area contributed by atoms with Gasteiger partial charge in [0.15, 0.2) is 0 Å². The van der Waals surface area contributed by atoms with Gasteiger partial charge in [0.05, 0.1) is 0 Å². The third kappa shape index (κ3) is 2.50. The van der Waals surface area contributed by atoms with Gasteiger partial charge in [0.1, 0.15) is 11.5 Å². The second-order valence-corrected chi connectivity index (χ2v) is 4.99. The Hall–Kier alpha value is -1.78. The lowest BCUT2D eigenvalue weighted by molar-refractivity contribution is 0.231. The summed E-state index contributed by atoms with van der Waals surface area (Å²) >= 11 is 0. The highest BCUT2D eigenvalue weighted by atomic mass is 16.3. The first kappa shape index (κ1) is 12.3. The smallest absolute Gasteiger partial charge is 0.120 e. The quantitative estimate of drug-likeness (QED) is 0.767. The van der Waals surface area contributed by atoms with Crippen LogP contribution in [-0.2, 0) is 6.54 Å². The Morgan fingerprint density at radius 1 is 1.05 bits per heavy atom. The summed E-state index contributed by atoms with van der Waals surface area (Å²) in [6, 6.07) is 8.90. The highest BCUT2D eigenvalue weighted by molar-refractivity contribution is 5.88. The van der Waals surface area contributed by atoms with Gasteiger partial charge in [0.25, 0.3) is 0 Å². The zero-order valence-electron chi connectivity index (χ0n) is 10.8. The Morgan fingerprint density at radius 2 is 1.79 bits per heavy atom. The number of hydrogen-bond donors (Lipinski definition) is 3. The molecule has 2 aromatic rings. The van der Waals surface area contributed by atoms with E-state index in [2.05, 4.69) is 10.2 Å². The zero-order chi connectivity index (χ0) is 13.2. The molecule has 100 valence electrons. The summed E-state index contributed by atoms with van der Waals surface area (Å²) in [5.74, 6) is 0.538. The standard InChI is InChI=1S/C15H18N2O2/c18-12-3-1-11-2-4-15(19)14(13(11)9-12)10-17-7-5-16-6-8-17/h1-4,9,16,18-19H,5-8,10H2. The summed E-state index contributed by atoms with van der Waals surface area (Å²) in [4.78, 5) is 2.31. The van der Waals surface area contributed by atoms with Gasteiger partial charge >= 0.3 is 0 Å². The van der Waals surface area contributed by atoms with E-state index in [-0.39, 0.29) is 5.75 Å². The van der Waals surface area contributed by atoms with Crippen molar-refractivity contribution in [3.8, 4) is 11.5 Å². The lowest BCUT2D eigenvalue weighted by Crippen LogP contribution is -2.42.